The average molecular weight is 224 g/mol. The SMILES string of the molecule is C=CS(=O)(=O)C(=CC)S(=O)(=O)CC. The quantitative estimate of drug-likeness (QED) is 0.709. The first-order chi connectivity index (χ1) is 5.81. The number of allylic oxidation sites excluding steroid dienone is 1. The van der Waals surface area contributed by atoms with E-state index in [0.717, 1.165) is 6.08 Å². The van der Waals surface area contributed by atoms with Crippen LogP contribution >= 0.6 is 0 Å². The number of hydrogen-bond donors (Lipinski definition) is 0. The molecule has 6 heteroatoms. The summed E-state index contributed by atoms with van der Waals surface area (Å²) in [6, 6.07) is 0. The Bertz CT molecular complexity index is 411. The molecule has 76 valence electrons. The highest BCUT2D eigenvalue weighted by atomic mass is 32.3. The van der Waals surface area contributed by atoms with E-state index >= 15 is 0 Å². The molecule has 0 N–H and O–H groups in total. The molecule has 0 spiro atoms. The summed E-state index contributed by atoms with van der Waals surface area (Å²) in [5.41, 5.74) is 0. The van der Waals surface area contributed by atoms with Gasteiger partial charge in [0.1, 0.15) is 0 Å². The van der Waals surface area contributed by atoms with Gasteiger partial charge in [0.25, 0.3) is 0 Å². The molecule has 0 aliphatic rings. The maximum absolute atomic E-state index is 11.2. The van der Waals surface area contributed by atoms with Gasteiger partial charge in [0.2, 0.25) is 9.84 Å². The van der Waals surface area contributed by atoms with Crippen LogP contribution in [0.1, 0.15) is 13.8 Å². The van der Waals surface area contributed by atoms with Crippen molar-refractivity contribution in [1.82, 2.24) is 0 Å². The summed E-state index contributed by atoms with van der Waals surface area (Å²) in [6.07, 6.45) is 1.07. The lowest BCUT2D eigenvalue weighted by Crippen LogP contribution is -2.13. The maximum Gasteiger partial charge on any atom is 0.209 e. The fraction of sp³-hybridized carbons (Fsp3) is 0.429. The third-order valence-corrected chi connectivity index (χ3v) is 5.73. The van der Waals surface area contributed by atoms with Crippen LogP contribution in [0, 0.1) is 0 Å². The van der Waals surface area contributed by atoms with Crippen LogP contribution in [0.3, 0.4) is 0 Å². The van der Waals surface area contributed by atoms with E-state index in [0.29, 0.717) is 5.41 Å². The molecule has 0 saturated carbocycles. The molecule has 0 atom stereocenters. The highest BCUT2D eigenvalue weighted by Crippen LogP contribution is 2.16. The predicted molar refractivity (Wildman–Crippen MR) is 52.3 cm³/mol. The Kier molecular flexibility index (Phi) is 3.87. The van der Waals surface area contributed by atoms with Gasteiger partial charge in [0.05, 0.1) is 5.75 Å². The second kappa shape index (κ2) is 4.06. The first-order valence-corrected chi connectivity index (χ1v) is 6.78. The molecule has 0 aromatic carbocycles. The smallest absolute Gasteiger partial charge is 0.209 e. The molecule has 0 aromatic heterocycles. The largest absolute Gasteiger partial charge is 0.223 e. The molecule has 0 aliphatic carbocycles. The van der Waals surface area contributed by atoms with Gasteiger partial charge in [0.15, 0.2) is 14.1 Å². The van der Waals surface area contributed by atoms with Crippen LogP contribution in [0.2, 0.25) is 0 Å². The Morgan fingerprint density at radius 1 is 1.31 bits per heavy atom. The molecule has 0 radical (unpaired) electrons. The van der Waals surface area contributed by atoms with Crippen molar-refractivity contribution in [3.05, 3.63) is 22.3 Å². The van der Waals surface area contributed by atoms with Gasteiger partial charge in [0, 0.05) is 5.41 Å². The zero-order valence-electron chi connectivity index (χ0n) is 7.52. The van der Waals surface area contributed by atoms with Gasteiger partial charge in [-0.3, -0.25) is 0 Å². The van der Waals surface area contributed by atoms with E-state index in [1.165, 1.54) is 13.8 Å². The van der Waals surface area contributed by atoms with Crippen molar-refractivity contribution in [2.45, 2.75) is 13.8 Å². The molecule has 0 bridgehead atoms. The second-order valence-electron chi connectivity index (χ2n) is 2.22. The average Bonchev–Trinajstić information content (AvgIpc) is 2.05. The summed E-state index contributed by atoms with van der Waals surface area (Å²) in [5, 5.41) is 0.634. The number of sulfone groups is 2. The molecule has 0 saturated heterocycles. The Morgan fingerprint density at radius 2 is 1.77 bits per heavy atom. The van der Waals surface area contributed by atoms with E-state index in [4.69, 9.17) is 0 Å². The molecule has 0 amide bonds. The first kappa shape index (κ1) is 12.4. The monoisotopic (exact) mass is 224 g/mol. The van der Waals surface area contributed by atoms with Crippen LogP contribution < -0.4 is 0 Å². The van der Waals surface area contributed by atoms with Crippen LogP contribution in [0.4, 0.5) is 0 Å². The summed E-state index contributed by atoms with van der Waals surface area (Å²) in [5.74, 6) is -0.236. The van der Waals surface area contributed by atoms with Crippen molar-refractivity contribution in [2.24, 2.45) is 0 Å². The maximum atomic E-state index is 11.2. The van der Waals surface area contributed by atoms with Crippen molar-refractivity contribution < 1.29 is 16.8 Å². The van der Waals surface area contributed by atoms with E-state index in [9.17, 15) is 16.8 Å². The minimum atomic E-state index is -3.84. The molecule has 0 aliphatic heterocycles. The van der Waals surface area contributed by atoms with E-state index in [2.05, 4.69) is 6.58 Å². The second-order valence-corrected chi connectivity index (χ2v) is 6.59. The Morgan fingerprint density at radius 3 is 2.00 bits per heavy atom. The van der Waals surface area contributed by atoms with E-state index in [1.54, 1.807) is 0 Å². The lowest BCUT2D eigenvalue weighted by atomic mass is 10.8. The van der Waals surface area contributed by atoms with Crippen molar-refractivity contribution in [3.8, 4) is 0 Å². The fourth-order valence-electron chi connectivity index (χ4n) is 0.745. The van der Waals surface area contributed by atoms with E-state index in [-0.39, 0.29) is 5.75 Å². The van der Waals surface area contributed by atoms with Gasteiger partial charge in [-0.1, -0.05) is 19.6 Å². The van der Waals surface area contributed by atoms with Crippen LogP contribution in [0.25, 0.3) is 0 Å². The summed E-state index contributed by atoms with van der Waals surface area (Å²) in [4.78, 5) is 0. The van der Waals surface area contributed by atoms with Crippen LogP contribution in [-0.4, -0.2) is 22.6 Å². The van der Waals surface area contributed by atoms with Crippen molar-refractivity contribution >= 4 is 19.7 Å². The van der Waals surface area contributed by atoms with Crippen LogP contribution in [0.5, 0.6) is 0 Å². The third-order valence-electron chi connectivity index (χ3n) is 1.42. The number of rotatable bonds is 4. The van der Waals surface area contributed by atoms with Crippen molar-refractivity contribution in [1.29, 1.82) is 0 Å². The Hall–Kier alpha value is -0.620. The summed E-state index contributed by atoms with van der Waals surface area (Å²) < 4.78 is 44.3. The predicted octanol–water partition coefficient (Wildman–Crippen LogP) is 0.841. The molecular formula is C7H12O4S2. The number of hydrogen-bond acceptors (Lipinski definition) is 4. The van der Waals surface area contributed by atoms with Gasteiger partial charge < -0.3 is 0 Å². The molecular weight excluding hydrogens is 212 g/mol. The summed E-state index contributed by atoms with van der Waals surface area (Å²) in [7, 11) is -7.52. The lowest BCUT2D eigenvalue weighted by Gasteiger charge is -2.03. The highest BCUT2D eigenvalue weighted by Gasteiger charge is 2.25. The molecule has 4 nitrogen and oxygen atoms in total. The fourth-order valence-corrected chi connectivity index (χ4v) is 3.86. The van der Waals surface area contributed by atoms with E-state index < -0.39 is 23.9 Å². The van der Waals surface area contributed by atoms with Crippen LogP contribution in [-0.2, 0) is 19.7 Å². The van der Waals surface area contributed by atoms with Gasteiger partial charge in [-0.2, -0.15) is 0 Å². The summed E-state index contributed by atoms with van der Waals surface area (Å²) in [6.45, 7) is 5.81. The third kappa shape index (κ3) is 2.67. The van der Waals surface area contributed by atoms with Gasteiger partial charge in [-0.25, -0.2) is 16.8 Å². The lowest BCUT2D eigenvalue weighted by molar-refractivity contribution is 0.599. The van der Waals surface area contributed by atoms with Crippen LogP contribution in [0.15, 0.2) is 22.3 Å². The molecule has 0 rings (SSSR count). The zero-order valence-corrected chi connectivity index (χ0v) is 9.15. The Balaban J connectivity index is 5.61. The normalized spacial score (nSPS) is 14.2. The molecule has 0 fully saturated rings. The van der Waals surface area contributed by atoms with Crippen molar-refractivity contribution in [3.63, 3.8) is 0 Å². The topological polar surface area (TPSA) is 68.3 Å². The molecule has 0 aromatic rings. The zero-order chi connectivity index (χ0) is 10.7. The minimum Gasteiger partial charge on any atom is -0.223 e. The Labute approximate surface area is 78.8 Å². The summed E-state index contributed by atoms with van der Waals surface area (Å²) >= 11 is 0. The van der Waals surface area contributed by atoms with Gasteiger partial charge in [-0.05, 0) is 6.92 Å². The van der Waals surface area contributed by atoms with Crippen molar-refractivity contribution in [2.75, 3.05) is 5.75 Å². The molecule has 0 unspecified atom stereocenters. The minimum absolute atomic E-state index is 0.236. The van der Waals surface area contributed by atoms with Gasteiger partial charge in [-0.15, -0.1) is 0 Å². The highest BCUT2D eigenvalue weighted by molar-refractivity contribution is 8.15. The first-order valence-electron chi connectivity index (χ1n) is 3.58. The molecule has 0 heterocycles. The van der Waals surface area contributed by atoms with Gasteiger partial charge >= 0.3 is 0 Å². The van der Waals surface area contributed by atoms with E-state index in [1.807, 2.05) is 0 Å². The standard InChI is InChI=1S/C7H12O4S2/c1-4-7(12(8,9)5-2)13(10,11)6-3/h4-5H,2,6H2,1,3H3. The molecule has 13 heavy (non-hydrogen) atoms.